The van der Waals surface area contributed by atoms with Gasteiger partial charge in [0.15, 0.2) is 0 Å². The van der Waals surface area contributed by atoms with Gasteiger partial charge < -0.3 is 5.11 Å². The Morgan fingerprint density at radius 3 is 2.31 bits per heavy atom. The lowest BCUT2D eigenvalue weighted by Gasteiger charge is -2.34. The van der Waals surface area contributed by atoms with Crippen LogP contribution >= 0.6 is 0 Å². The molecule has 1 heterocycles. The highest BCUT2D eigenvalue weighted by atomic mass is 32.2. The van der Waals surface area contributed by atoms with Crippen LogP contribution in [0.5, 0.6) is 0 Å². The predicted molar refractivity (Wildman–Crippen MR) is 55.9 cm³/mol. The zero-order valence-corrected chi connectivity index (χ0v) is 9.83. The van der Waals surface area contributed by atoms with E-state index in [2.05, 4.69) is 0 Å². The Labute approximate surface area is 94.5 Å². The molecule has 0 atom stereocenters. The van der Waals surface area contributed by atoms with Gasteiger partial charge in [-0.2, -0.15) is 5.26 Å². The molecule has 0 aromatic carbocycles. The normalized spacial score (nSPS) is 21.2. The van der Waals surface area contributed by atoms with Crippen molar-refractivity contribution in [1.29, 1.82) is 5.26 Å². The van der Waals surface area contributed by atoms with Gasteiger partial charge in [0, 0.05) is 13.1 Å². The Hall–Kier alpha value is -1.13. The molecule has 1 aliphatic rings. The number of hydrogen-bond acceptors (Lipinski definition) is 4. The lowest BCUT2D eigenvalue weighted by atomic mass is 9.77. The van der Waals surface area contributed by atoms with Crippen LogP contribution in [0.2, 0.25) is 0 Å². The number of nitriles is 1. The number of hydrogen-bond donors (Lipinski definition) is 1. The molecule has 0 aromatic heterocycles. The second kappa shape index (κ2) is 4.39. The van der Waals surface area contributed by atoms with Gasteiger partial charge in [0.05, 0.1) is 24.2 Å². The summed E-state index contributed by atoms with van der Waals surface area (Å²) in [5.74, 6) is -1.02. The van der Waals surface area contributed by atoms with E-state index in [0.29, 0.717) is 0 Å². The van der Waals surface area contributed by atoms with Gasteiger partial charge in [0.1, 0.15) is 0 Å². The highest BCUT2D eigenvalue weighted by molar-refractivity contribution is 7.88. The molecular formula is C9H14N2O4S. The van der Waals surface area contributed by atoms with Gasteiger partial charge in [-0.25, -0.2) is 12.7 Å². The summed E-state index contributed by atoms with van der Waals surface area (Å²) in [5, 5.41) is 17.7. The summed E-state index contributed by atoms with van der Waals surface area (Å²) in [6.45, 7) is 0.444. The maximum Gasteiger partial charge on any atom is 0.304 e. The second-order valence-electron chi connectivity index (χ2n) is 4.12. The van der Waals surface area contributed by atoms with Crippen LogP contribution < -0.4 is 0 Å². The van der Waals surface area contributed by atoms with Crippen LogP contribution in [0.4, 0.5) is 0 Å². The SMILES string of the molecule is CS(=O)(=O)N1CCC(C#N)(CC(=O)O)CC1. The van der Waals surface area contributed by atoms with Crippen molar-refractivity contribution in [2.24, 2.45) is 5.41 Å². The molecule has 0 saturated carbocycles. The number of carbonyl (C=O) groups is 1. The van der Waals surface area contributed by atoms with Gasteiger partial charge >= 0.3 is 5.97 Å². The predicted octanol–water partition coefficient (Wildman–Crippen LogP) is 0.0265. The fourth-order valence-corrected chi connectivity index (χ4v) is 2.71. The molecule has 1 saturated heterocycles. The number of aliphatic carboxylic acids is 1. The van der Waals surface area contributed by atoms with Crippen molar-refractivity contribution >= 4 is 16.0 Å². The van der Waals surface area contributed by atoms with E-state index < -0.39 is 21.4 Å². The zero-order chi connectivity index (χ0) is 12.4. The molecule has 0 spiro atoms. The molecule has 0 aliphatic carbocycles. The number of piperidine rings is 1. The van der Waals surface area contributed by atoms with Gasteiger partial charge in [-0.1, -0.05) is 0 Å². The van der Waals surface area contributed by atoms with Crippen LogP contribution in [0, 0.1) is 16.7 Å². The maximum absolute atomic E-state index is 11.2. The molecule has 6 nitrogen and oxygen atoms in total. The van der Waals surface area contributed by atoms with E-state index in [1.807, 2.05) is 6.07 Å². The summed E-state index contributed by atoms with van der Waals surface area (Å²) in [5.41, 5.74) is -0.910. The van der Waals surface area contributed by atoms with Crippen molar-refractivity contribution in [2.45, 2.75) is 19.3 Å². The average molecular weight is 246 g/mol. The summed E-state index contributed by atoms with van der Waals surface area (Å²) in [6, 6.07) is 2.02. The standard InChI is InChI=1S/C9H14N2O4S/c1-16(14,15)11-4-2-9(7-10,3-5-11)6-8(12)13/h2-6H2,1H3,(H,12,13). The van der Waals surface area contributed by atoms with E-state index in [1.165, 1.54) is 4.31 Å². The molecule has 1 fully saturated rings. The molecule has 90 valence electrons. The number of sulfonamides is 1. The van der Waals surface area contributed by atoms with E-state index in [-0.39, 0.29) is 32.4 Å². The monoisotopic (exact) mass is 246 g/mol. The van der Waals surface area contributed by atoms with Crippen molar-refractivity contribution in [3.05, 3.63) is 0 Å². The van der Waals surface area contributed by atoms with E-state index in [1.54, 1.807) is 0 Å². The van der Waals surface area contributed by atoms with Gasteiger partial charge in [-0.3, -0.25) is 4.79 Å². The molecule has 1 aliphatic heterocycles. The lowest BCUT2D eigenvalue weighted by Crippen LogP contribution is -2.42. The van der Waals surface area contributed by atoms with Crippen molar-refractivity contribution < 1.29 is 18.3 Å². The minimum Gasteiger partial charge on any atom is -0.481 e. The first-order valence-electron chi connectivity index (χ1n) is 4.87. The third-order valence-corrected chi connectivity index (χ3v) is 4.18. The quantitative estimate of drug-likeness (QED) is 0.757. The van der Waals surface area contributed by atoms with Crippen LogP contribution in [0.3, 0.4) is 0 Å². The Bertz CT molecular complexity index is 415. The third-order valence-electron chi connectivity index (χ3n) is 2.88. The van der Waals surface area contributed by atoms with Crippen molar-refractivity contribution in [3.63, 3.8) is 0 Å². The molecule has 0 radical (unpaired) electrons. The number of carboxylic acid groups (broad SMARTS) is 1. The third kappa shape index (κ3) is 2.93. The van der Waals surface area contributed by atoms with E-state index in [9.17, 15) is 13.2 Å². The molecule has 1 rings (SSSR count). The summed E-state index contributed by atoms with van der Waals surface area (Å²) in [7, 11) is -3.24. The largest absolute Gasteiger partial charge is 0.481 e. The Morgan fingerprint density at radius 2 is 2.00 bits per heavy atom. The van der Waals surface area contributed by atoms with Crippen LogP contribution in [0.15, 0.2) is 0 Å². The molecule has 1 N–H and O–H groups in total. The minimum atomic E-state index is -3.24. The molecule has 7 heteroatoms. The van der Waals surface area contributed by atoms with Gasteiger partial charge in [-0.15, -0.1) is 0 Å². The number of nitrogens with zero attached hydrogens (tertiary/aromatic N) is 2. The average Bonchev–Trinajstić information content (AvgIpc) is 2.16. The van der Waals surface area contributed by atoms with E-state index >= 15 is 0 Å². The molecule has 0 aromatic rings. The van der Waals surface area contributed by atoms with Crippen molar-refractivity contribution in [1.82, 2.24) is 4.31 Å². The lowest BCUT2D eigenvalue weighted by molar-refractivity contribution is -0.139. The van der Waals surface area contributed by atoms with Crippen LogP contribution in [-0.2, 0) is 14.8 Å². The summed E-state index contributed by atoms with van der Waals surface area (Å²) >= 11 is 0. The Kier molecular flexibility index (Phi) is 3.55. The van der Waals surface area contributed by atoms with Crippen LogP contribution in [-0.4, -0.2) is 43.1 Å². The second-order valence-corrected chi connectivity index (χ2v) is 6.11. The Balaban J connectivity index is 2.72. The number of carboxylic acids is 1. The maximum atomic E-state index is 11.2. The van der Waals surface area contributed by atoms with Crippen molar-refractivity contribution in [3.8, 4) is 6.07 Å². The summed E-state index contributed by atoms with van der Waals surface area (Å²) < 4.78 is 23.8. The van der Waals surface area contributed by atoms with Crippen LogP contribution in [0.25, 0.3) is 0 Å². The molecular weight excluding hydrogens is 232 g/mol. The van der Waals surface area contributed by atoms with Gasteiger partial charge in [0.25, 0.3) is 0 Å². The summed E-state index contributed by atoms with van der Waals surface area (Å²) in [6.07, 6.45) is 1.45. The Morgan fingerprint density at radius 1 is 1.50 bits per heavy atom. The highest BCUT2D eigenvalue weighted by Gasteiger charge is 2.38. The fraction of sp³-hybridized carbons (Fsp3) is 0.778. The van der Waals surface area contributed by atoms with Gasteiger partial charge in [0.2, 0.25) is 10.0 Å². The number of rotatable bonds is 3. The molecule has 0 bridgehead atoms. The van der Waals surface area contributed by atoms with E-state index in [4.69, 9.17) is 10.4 Å². The smallest absolute Gasteiger partial charge is 0.304 e. The highest BCUT2D eigenvalue weighted by Crippen LogP contribution is 2.34. The topological polar surface area (TPSA) is 98.5 Å². The fourth-order valence-electron chi connectivity index (χ4n) is 1.86. The van der Waals surface area contributed by atoms with Crippen molar-refractivity contribution in [2.75, 3.05) is 19.3 Å². The molecule has 16 heavy (non-hydrogen) atoms. The first-order chi connectivity index (χ1) is 7.29. The zero-order valence-electron chi connectivity index (χ0n) is 9.01. The molecule has 0 unspecified atom stereocenters. The van der Waals surface area contributed by atoms with Gasteiger partial charge in [-0.05, 0) is 12.8 Å². The summed E-state index contributed by atoms with van der Waals surface area (Å²) in [4.78, 5) is 10.6. The van der Waals surface area contributed by atoms with E-state index in [0.717, 1.165) is 6.26 Å². The minimum absolute atomic E-state index is 0.221. The first-order valence-corrected chi connectivity index (χ1v) is 6.72. The molecule has 0 amide bonds. The van der Waals surface area contributed by atoms with Crippen LogP contribution in [0.1, 0.15) is 19.3 Å². The first kappa shape index (κ1) is 12.9.